The smallest absolute Gasteiger partial charge is 0.305 e. The quantitative estimate of drug-likeness (QED) is 0.804. The molecule has 2 N–H and O–H groups in total. The van der Waals surface area contributed by atoms with Crippen LogP contribution in [0.15, 0.2) is 18.2 Å². The maximum Gasteiger partial charge on any atom is 0.305 e. The van der Waals surface area contributed by atoms with Gasteiger partial charge in [-0.15, -0.1) is 0 Å². The van der Waals surface area contributed by atoms with Gasteiger partial charge in [-0.1, -0.05) is 18.2 Å². The summed E-state index contributed by atoms with van der Waals surface area (Å²) in [6.07, 6.45) is 1.87. The molecular weight excluding hydrogens is 284 g/mol. The maximum absolute atomic E-state index is 11.2. The predicted molar refractivity (Wildman–Crippen MR) is 79.8 cm³/mol. The summed E-state index contributed by atoms with van der Waals surface area (Å²) >= 11 is 0. The zero-order valence-corrected chi connectivity index (χ0v) is 12.7. The van der Waals surface area contributed by atoms with Crippen molar-refractivity contribution < 1.29 is 24.5 Å². The van der Waals surface area contributed by atoms with Gasteiger partial charge >= 0.3 is 5.97 Å². The van der Waals surface area contributed by atoms with Crippen LogP contribution in [-0.4, -0.2) is 42.1 Å². The summed E-state index contributed by atoms with van der Waals surface area (Å²) in [6, 6.07) is 6.02. The molecule has 4 atom stereocenters. The number of aliphatic hydroxyl groups excluding tert-OH is 2. The van der Waals surface area contributed by atoms with Crippen LogP contribution in [0.3, 0.4) is 0 Å². The highest BCUT2D eigenvalue weighted by Gasteiger charge is 2.49. The normalized spacial score (nSPS) is 28.9. The second kappa shape index (κ2) is 6.26. The first-order chi connectivity index (χ1) is 10.7. The summed E-state index contributed by atoms with van der Waals surface area (Å²) in [5.41, 5.74) is 2.16. The number of esters is 1. The number of carbonyl (C=O) groups excluding carboxylic acids is 1. The lowest BCUT2D eigenvalue weighted by atomic mass is 9.87. The van der Waals surface area contributed by atoms with E-state index in [1.165, 1.54) is 7.11 Å². The number of para-hydroxylation sites is 1. The fourth-order valence-electron chi connectivity index (χ4n) is 3.75. The molecular formula is C17H22O5. The number of fused-ring (bicyclic) bond motifs is 3. The Bertz CT molecular complexity index is 556. The lowest BCUT2D eigenvalue weighted by Crippen LogP contribution is -2.22. The SMILES string of the molecule is COC(=O)CCCc1cccc2c1O[C@H]1C[C@@H](O)C(CO)[C@@H]21. The van der Waals surface area contributed by atoms with Crippen molar-refractivity contribution in [2.75, 3.05) is 13.7 Å². The van der Waals surface area contributed by atoms with E-state index < -0.39 is 6.10 Å². The average molecular weight is 306 g/mol. The molecule has 22 heavy (non-hydrogen) atoms. The number of ether oxygens (including phenoxy) is 2. The third-order valence-electron chi connectivity index (χ3n) is 4.85. The first-order valence-electron chi connectivity index (χ1n) is 7.80. The summed E-state index contributed by atoms with van der Waals surface area (Å²) in [6.45, 7) is -0.0301. The first kappa shape index (κ1) is 15.3. The highest BCUT2D eigenvalue weighted by Crippen LogP contribution is 2.51. The first-order valence-corrected chi connectivity index (χ1v) is 7.80. The van der Waals surface area contributed by atoms with Crippen LogP contribution in [0.2, 0.25) is 0 Å². The molecule has 0 spiro atoms. The van der Waals surface area contributed by atoms with Crippen LogP contribution in [0.1, 0.15) is 36.3 Å². The van der Waals surface area contributed by atoms with Crippen molar-refractivity contribution in [1.29, 1.82) is 0 Å². The number of rotatable bonds is 5. The van der Waals surface area contributed by atoms with E-state index >= 15 is 0 Å². The highest BCUT2D eigenvalue weighted by molar-refractivity contribution is 5.69. The van der Waals surface area contributed by atoms with Crippen molar-refractivity contribution in [2.45, 2.75) is 43.8 Å². The number of benzene rings is 1. The fourth-order valence-corrected chi connectivity index (χ4v) is 3.75. The van der Waals surface area contributed by atoms with Crippen LogP contribution < -0.4 is 4.74 Å². The lowest BCUT2D eigenvalue weighted by molar-refractivity contribution is -0.140. The van der Waals surface area contributed by atoms with E-state index in [-0.39, 0.29) is 30.5 Å². The summed E-state index contributed by atoms with van der Waals surface area (Å²) in [4.78, 5) is 11.2. The van der Waals surface area contributed by atoms with Crippen molar-refractivity contribution >= 4 is 5.97 Å². The molecule has 0 bridgehead atoms. The Morgan fingerprint density at radius 1 is 1.45 bits per heavy atom. The van der Waals surface area contributed by atoms with Crippen LogP contribution in [0.25, 0.3) is 0 Å². The van der Waals surface area contributed by atoms with E-state index in [2.05, 4.69) is 4.74 Å². The van der Waals surface area contributed by atoms with Crippen molar-refractivity contribution in [3.8, 4) is 5.75 Å². The van der Waals surface area contributed by atoms with Crippen molar-refractivity contribution in [3.05, 3.63) is 29.3 Å². The summed E-state index contributed by atoms with van der Waals surface area (Å²) in [7, 11) is 1.40. The summed E-state index contributed by atoms with van der Waals surface area (Å²) < 4.78 is 10.7. The number of aliphatic hydroxyl groups is 2. The molecule has 1 heterocycles. The van der Waals surface area contributed by atoms with Crippen molar-refractivity contribution in [1.82, 2.24) is 0 Å². The second-order valence-electron chi connectivity index (χ2n) is 6.10. The molecule has 0 amide bonds. The molecule has 2 aliphatic rings. The van der Waals surface area contributed by atoms with Gasteiger partial charge in [0, 0.05) is 36.8 Å². The van der Waals surface area contributed by atoms with Crippen LogP contribution >= 0.6 is 0 Å². The van der Waals surface area contributed by atoms with E-state index in [0.717, 1.165) is 23.3 Å². The van der Waals surface area contributed by atoms with Gasteiger partial charge in [0.15, 0.2) is 0 Å². The predicted octanol–water partition coefficient (Wildman–Crippen LogP) is 1.40. The number of hydrogen-bond acceptors (Lipinski definition) is 5. The zero-order chi connectivity index (χ0) is 15.7. The molecule has 1 aliphatic heterocycles. The van der Waals surface area contributed by atoms with Gasteiger partial charge in [0.2, 0.25) is 0 Å². The van der Waals surface area contributed by atoms with Gasteiger partial charge in [-0.25, -0.2) is 0 Å². The number of hydrogen-bond donors (Lipinski definition) is 2. The van der Waals surface area contributed by atoms with Gasteiger partial charge in [0.05, 0.1) is 13.2 Å². The summed E-state index contributed by atoms with van der Waals surface area (Å²) in [5.74, 6) is 0.591. The Kier molecular flexibility index (Phi) is 4.36. The van der Waals surface area contributed by atoms with Crippen molar-refractivity contribution in [2.24, 2.45) is 5.92 Å². The van der Waals surface area contributed by atoms with Gasteiger partial charge in [0.1, 0.15) is 11.9 Å². The minimum atomic E-state index is -0.504. The van der Waals surface area contributed by atoms with Crippen molar-refractivity contribution in [3.63, 3.8) is 0 Å². The molecule has 1 unspecified atom stereocenters. The van der Waals surface area contributed by atoms with Gasteiger partial charge in [-0.05, 0) is 18.4 Å². The van der Waals surface area contributed by atoms with Gasteiger partial charge in [0.25, 0.3) is 0 Å². The Hall–Kier alpha value is -1.59. The standard InChI is InChI=1S/C17H22O5/c1-21-15(20)7-3-5-10-4-2-6-11-16-12(9-18)13(19)8-14(16)22-17(10)11/h2,4,6,12-14,16,18-19H,3,5,7-9H2,1H3/t12?,13-,14+,16-/m1/s1. The molecule has 1 aliphatic carbocycles. The highest BCUT2D eigenvalue weighted by atomic mass is 16.5. The van der Waals surface area contributed by atoms with Crippen LogP contribution in [0, 0.1) is 5.92 Å². The van der Waals surface area contributed by atoms with Gasteiger partial charge in [-0.3, -0.25) is 4.79 Å². The molecule has 3 rings (SSSR count). The Balaban J connectivity index is 1.76. The molecule has 1 fully saturated rings. The summed E-state index contributed by atoms with van der Waals surface area (Å²) in [5, 5.41) is 19.6. The molecule has 0 saturated heterocycles. The third kappa shape index (κ3) is 2.59. The minimum Gasteiger partial charge on any atom is -0.489 e. The largest absolute Gasteiger partial charge is 0.489 e. The average Bonchev–Trinajstić information content (AvgIpc) is 3.02. The van der Waals surface area contributed by atoms with Gasteiger partial charge in [-0.2, -0.15) is 0 Å². The third-order valence-corrected chi connectivity index (χ3v) is 4.85. The maximum atomic E-state index is 11.2. The molecule has 1 aromatic carbocycles. The molecule has 1 saturated carbocycles. The van der Waals surface area contributed by atoms with E-state index in [1.54, 1.807) is 0 Å². The molecule has 5 heteroatoms. The van der Waals surface area contributed by atoms with Crippen LogP contribution in [0.5, 0.6) is 5.75 Å². The Morgan fingerprint density at radius 2 is 2.27 bits per heavy atom. The zero-order valence-electron chi connectivity index (χ0n) is 12.7. The van der Waals surface area contributed by atoms with E-state index in [9.17, 15) is 15.0 Å². The molecule has 0 radical (unpaired) electrons. The van der Waals surface area contributed by atoms with E-state index in [0.29, 0.717) is 19.3 Å². The topological polar surface area (TPSA) is 76.0 Å². The van der Waals surface area contributed by atoms with E-state index in [4.69, 9.17) is 4.74 Å². The monoisotopic (exact) mass is 306 g/mol. The number of carbonyl (C=O) groups is 1. The Labute approximate surface area is 129 Å². The van der Waals surface area contributed by atoms with Crippen LogP contribution in [0.4, 0.5) is 0 Å². The fraction of sp³-hybridized carbons (Fsp3) is 0.588. The minimum absolute atomic E-state index is 0.0301. The van der Waals surface area contributed by atoms with Gasteiger partial charge < -0.3 is 19.7 Å². The van der Waals surface area contributed by atoms with E-state index in [1.807, 2.05) is 18.2 Å². The number of aryl methyl sites for hydroxylation is 1. The Morgan fingerprint density at radius 3 is 3.00 bits per heavy atom. The molecule has 5 nitrogen and oxygen atoms in total. The lowest BCUT2D eigenvalue weighted by Gasteiger charge is -2.18. The second-order valence-corrected chi connectivity index (χ2v) is 6.10. The molecule has 1 aromatic rings. The number of methoxy groups -OCH3 is 1. The molecule has 0 aromatic heterocycles. The van der Waals surface area contributed by atoms with Crippen LogP contribution in [-0.2, 0) is 16.0 Å². The molecule has 120 valence electrons.